The summed E-state index contributed by atoms with van der Waals surface area (Å²) >= 11 is 2.96. The average molecular weight is 780 g/mol. The van der Waals surface area contributed by atoms with E-state index < -0.39 is 23.0 Å². The van der Waals surface area contributed by atoms with E-state index in [-0.39, 0.29) is 40.7 Å². The largest absolute Gasteiger partial charge is 0.461 e. The fourth-order valence-electron chi connectivity index (χ4n) is 10.5. The number of carbonyl (C=O) groups is 2. The number of thiazole rings is 1. The molecule has 2 aromatic rings. The van der Waals surface area contributed by atoms with E-state index in [0.717, 1.165) is 41.4 Å². The Kier molecular flexibility index (Phi) is 15.9. The third-order valence-electron chi connectivity index (χ3n) is 14.3. The molecule has 5 rings (SSSR count). The van der Waals surface area contributed by atoms with E-state index in [4.69, 9.17) is 9.72 Å². The van der Waals surface area contributed by atoms with E-state index in [2.05, 4.69) is 68.7 Å². The van der Waals surface area contributed by atoms with E-state index >= 15 is 0 Å². The maximum absolute atomic E-state index is 13.7. The number of rotatable bonds is 21. The highest BCUT2D eigenvalue weighted by molar-refractivity contribution is 8.01. The Morgan fingerprint density at radius 3 is 2.22 bits per heavy atom. The molecule has 3 aliphatic rings. The van der Waals surface area contributed by atoms with Crippen LogP contribution in [0.25, 0.3) is 11.3 Å². The van der Waals surface area contributed by atoms with Crippen molar-refractivity contribution in [3.05, 3.63) is 42.6 Å². The second-order valence-electron chi connectivity index (χ2n) is 17.8. The first-order valence-electron chi connectivity index (χ1n) is 21.6. The number of aryl methyl sites for hydroxylation is 1. The van der Waals surface area contributed by atoms with Crippen LogP contribution in [-0.2, 0) is 20.9 Å². The van der Waals surface area contributed by atoms with Gasteiger partial charge in [-0.25, -0.2) is 9.55 Å². The van der Waals surface area contributed by atoms with Gasteiger partial charge in [-0.15, -0.1) is 17.9 Å². The molecule has 3 fully saturated rings. The normalized spacial score (nSPS) is 30.8. The highest BCUT2D eigenvalue weighted by Crippen LogP contribution is 2.68. The van der Waals surface area contributed by atoms with Gasteiger partial charge < -0.3 is 9.84 Å². The summed E-state index contributed by atoms with van der Waals surface area (Å²) in [7, 11) is 0. The van der Waals surface area contributed by atoms with Crippen LogP contribution in [0.2, 0.25) is 0 Å². The first-order chi connectivity index (χ1) is 26.0. The van der Waals surface area contributed by atoms with Crippen molar-refractivity contribution in [3.63, 3.8) is 0 Å². The van der Waals surface area contributed by atoms with Gasteiger partial charge in [0.2, 0.25) is 0 Å². The number of aromatic nitrogens is 2. The zero-order valence-electron chi connectivity index (χ0n) is 34.3. The summed E-state index contributed by atoms with van der Waals surface area (Å²) in [5, 5.41) is 13.9. The molecule has 2 heterocycles. The molecule has 0 aromatic carbocycles. The van der Waals surface area contributed by atoms with Crippen LogP contribution in [-0.4, -0.2) is 39.8 Å². The molecule has 3 aliphatic carbocycles. The molecule has 0 saturated heterocycles. The molecule has 1 N–H and O–H groups in total. The van der Waals surface area contributed by atoms with Crippen molar-refractivity contribution in [2.75, 3.05) is 5.75 Å². The molecule has 3 saturated carbocycles. The maximum atomic E-state index is 13.7. The first-order valence-corrected chi connectivity index (χ1v) is 23.5. The molecule has 2 bridgehead atoms. The topological polar surface area (TPSA) is 80.4 Å². The Morgan fingerprint density at radius 2 is 1.61 bits per heavy atom. The summed E-state index contributed by atoms with van der Waals surface area (Å²) in [6.07, 6.45) is 27.9. The molecule has 0 radical (unpaired) electrons. The summed E-state index contributed by atoms with van der Waals surface area (Å²) in [5.41, 5.74) is 0.582. The lowest BCUT2D eigenvalue weighted by Gasteiger charge is -2.61. The van der Waals surface area contributed by atoms with Crippen molar-refractivity contribution in [3.8, 4) is 11.3 Å². The summed E-state index contributed by atoms with van der Waals surface area (Å²) in [6, 6.07) is 4.27. The zero-order valence-corrected chi connectivity index (χ0v) is 35.9. The minimum absolute atomic E-state index is 0.0428. The third kappa shape index (κ3) is 9.91. The molecule has 0 aliphatic heterocycles. The van der Waals surface area contributed by atoms with Crippen molar-refractivity contribution in [1.82, 2.24) is 4.98 Å². The molecule has 0 spiro atoms. The van der Waals surface area contributed by atoms with E-state index in [1.165, 1.54) is 102 Å². The molecule has 0 amide bonds. The fraction of sp³-hybridized carbons (Fsp3) is 0.739. The monoisotopic (exact) mass is 779 g/mol. The standard InChI is InChI=1S/C46H71N2O4S2/c1-7-9-10-11-12-13-14-15-16-17-18-19-20-21-28-48-29-24-36(25-30-48)37-32-53-43(47-37)54-33-40(50)52-39-31-44(5,8-2)42(51)35(4)46-26-22-34(3)45(39,6)41(46)38(49)23-27-46/h8,24-25,29-30,32,34-35,39,41-42,51H,2,7,9-23,26-28,31,33H2,1,3-6H3/q+1/t34-,35+,39-,41+,42+,44-,45+,46+/m1/s1. The minimum Gasteiger partial charge on any atom is -0.461 e. The number of hydrogen-bond acceptors (Lipinski definition) is 7. The molecular weight excluding hydrogens is 709 g/mol. The van der Waals surface area contributed by atoms with E-state index in [1.54, 1.807) is 11.3 Å². The van der Waals surface area contributed by atoms with Gasteiger partial charge in [-0.3, -0.25) is 9.59 Å². The molecule has 8 heteroatoms. The summed E-state index contributed by atoms with van der Waals surface area (Å²) in [6.45, 7) is 16.0. The lowest BCUT2D eigenvalue weighted by molar-refractivity contribution is -0.697. The molecule has 300 valence electrons. The number of aliphatic hydroxyl groups excluding tert-OH is 1. The molecular formula is C46H71N2O4S2+. The number of Topliss-reactive ketones (excluding diaryl/α,β-unsaturated/α-hetero) is 1. The molecule has 2 aromatic heterocycles. The summed E-state index contributed by atoms with van der Waals surface area (Å²) in [5.74, 6) is 0.0789. The van der Waals surface area contributed by atoms with Crippen LogP contribution in [0.15, 0.2) is 46.9 Å². The zero-order chi connectivity index (χ0) is 38.8. The minimum atomic E-state index is -0.665. The van der Waals surface area contributed by atoms with E-state index in [1.807, 2.05) is 13.0 Å². The van der Waals surface area contributed by atoms with Gasteiger partial charge in [-0.2, -0.15) is 0 Å². The van der Waals surface area contributed by atoms with Crippen LogP contribution in [0, 0.1) is 34.0 Å². The van der Waals surface area contributed by atoms with Gasteiger partial charge in [0.1, 0.15) is 18.4 Å². The van der Waals surface area contributed by atoms with Crippen molar-refractivity contribution >= 4 is 34.9 Å². The van der Waals surface area contributed by atoms with Crippen LogP contribution >= 0.6 is 23.1 Å². The fourth-order valence-corrected chi connectivity index (χ4v) is 12.2. The van der Waals surface area contributed by atoms with Gasteiger partial charge >= 0.3 is 5.97 Å². The number of pyridine rings is 1. The Balaban J connectivity index is 1.07. The first kappa shape index (κ1) is 43.1. The van der Waals surface area contributed by atoms with E-state index in [0.29, 0.717) is 12.8 Å². The van der Waals surface area contributed by atoms with Gasteiger partial charge in [-0.05, 0) is 49.4 Å². The van der Waals surface area contributed by atoms with Crippen LogP contribution in [0.4, 0.5) is 0 Å². The van der Waals surface area contributed by atoms with Crippen molar-refractivity contribution in [1.29, 1.82) is 0 Å². The highest BCUT2D eigenvalue weighted by atomic mass is 32.2. The SMILES string of the molecule is C=C[C@]1(C)C[C@@H](OC(=O)CSc2nc(-c3cc[n+](CCCCCCCCCCCCCCCC)cc3)cs2)[C@]2(C)[C@H](C)CC[C@]3(CCC(=O)[C@H]32)[C@@H](C)[C@@H]1O. The van der Waals surface area contributed by atoms with Crippen LogP contribution in [0.5, 0.6) is 0 Å². The predicted molar refractivity (Wildman–Crippen MR) is 223 cm³/mol. The van der Waals surface area contributed by atoms with Crippen molar-refractivity contribution in [2.45, 2.75) is 180 Å². The summed E-state index contributed by atoms with van der Waals surface area (Å²) < 4.78 is 9.54. The number of ketones is 1. The van der Waals surface area contributed by atoms with E-state index in [9.17, 15) is 14.7 Å². The number of aliphatic hydroxyl groups is 1. The number of unbranched alkanes of at least 4 members (excludes halogenated alkanes) is 13. The lowest BCUT2D eigenvalue weighted by Crippen LogP contribution is -2.63. The Labute approximate surface area is 335 Å². The number of hydrogen-bond donors (Lipinski definition) is 1. The summed E-state index contributed by atoms with van der Waals surface area (Å²) in [4.78, 5) is 32.2. The third-order valence-corrected chi connectivity index (χ3v) is 16.3. The van der Waals surface area contributed by atoms with Crippen molar-refractivity contribution in [2.24, 2.45) is 34.0 Å². The Morgan fingerprint density at radius 1 is 1.00 bits per heavy atom. The quantitative estimate of drug-likeness (QED) is 0.0447. The number of thioether (sulfide) groups is 1. The number of carbonyl (C=O) groups excluding carboxylic acids is 2. The Hall–Kier alpha value is -2.03. The smallest absolute Gasteiger partial charge is 0.316 e. The molecule has 6 nitrogen and oxygen atoms in total. The number of ether oxygens (including phenoxy) is 1. The number of nitrogens with zero attached hydrogens (tertiary/aromatic N) is 2. The molecule has 8 atom stereocenters. The Bertz CT molecular complexity index is 1510. The molecule has 54 heavy (non-hydrogen) atoms. The van der Waals surface area contributed by atoms with Crippen LogP contribution in [0.1, 0.15) is 157 Å². The van der Waals surface area contributed by atoms with Gasteiger partial charge in [0.05, 0.1) is 17.6 Å². The van der Waals surface area contributed by atoms with Gasteiger partial charge in [-0.1, -0.05) is 130 Å². The van der Waals surface area contributed by atoms with Crippen LogP contribution in [0.3, 0.4) is 0 Å². The van der Waals surface area contributed by atoms with Crippen molar-refractivity contribution < 1.29 is 24.0 Å². The lowest BCUT2D eigenvalue weighted by atomic mass is 9.44. The highest BCUT2D eigenvalue weighted by Gasteiger charge is 2.68. The molecule has 0 unspecified atom stereocenters. The predicted octanol–water partition coefficient (Wildman–Crippen LogP) is 11.6. The van der Waals surface area contributed by atoms with Crippen LogP contribution < -0.4 is 4.57 Å². The van der Waals surface area contributed by atoms with Gasteiger partial charge in [0, 0.05) is 52.7 Å². The number of esters is 1. The second-order valence-corrected chi connectivity index (χ2v) is 19.9. The second kappa shape index (κ2) is 19.9. The maximum Gasteiger partial charge on any atom is 0.316 e. The van der Waals surface area contributed by atoms with Gasteiger partial charge in [0.25, 0.3) is 0 Å². The van der Waals surface area contributed by atoms with Gasteiger partial charge in [0.15, 0.2) is 16.7 Å². The average Bonchev–Trinajstić information content (AvgIpc) is 3.80.